The molecule has 0 aliphatic rings. The van der Waals surface area contributed by atoms with Crippen LogP contribution >= 0.6 is 0 Å². The van der Waals surface area contributed by atoms with Crippen molar-refractivity contribution in [3.63, 3.8) is 0 Å². The summed E-state index contributed by atoms with van der Waals surface area (Å²) in [7, 11) is 0. The predicted octanol–water partition coefficient (Wildman–Crippen LogP) is 4.46. The second-order valence-corrected chi connectivity index (χ2v) is 6.70. The summed E-state index contributed by atoms with van der Waals surface area (Å²) in [5.74, 6) is 0. The molecule has 3 nitrogen and oxygen atoms in total. The fourth-order valence-electron chi connectivity index (χ4n) is 1.74. The zero-order valence-electron chi connectivity index (χ0n) is 12.5. The molecule has 0 atom stereocenters. The molecule has 1 aromatic rings. The Kier molecular flexibility index (Phi) is 4.87. The molecule has 0 fully saturated rings. The van der Waals surface area contributed by atoms with Crippen LogP contribution < -0.4 is 0 Å². The average Bonchev–Trinajstić information content (AvgIpc) is 2.25. The number of hydrogen-bond acceptors (Lipinski definition) is 3. The summed E-state index contributed by atoms with van der Waals surface area (Å²) >= 11 is 0. The highest BCUT2D eigenvalue weighted by molar-refractivity contribution is 5.69. The molecule has 0 bridgehead atoms. The van der Waals surface area contributed by atoms with E-state index in [4.69, 9.17) is 5.21 Å². The van der Waals surface area contributed by atoms with Crippen molar-refractivity contribution in [3.8, 4) is 0 Å². The van der Waals surface area contributed by atoms with Crippen LogP contribution in [0, 0.1) is 10.8 Å². The number of benzene rings is 1. The highest BCUT2D eigenvalue weighted by Gasteiger charge is 2.16. The summed E-state index contributed by atoms with van der Waals surface area (Å²) in [6.45, 7) is 10.5. The molecule has 104 valence electrons. The van der Waals surface area contributed by atoms with E-state index in [1.54, 1.807) is 6.21 Å². The molecule has 0 amide bonds. The van der Waals surface area contributed by atoms with Gasteiger partial charge in [0.2, 0.25) is 0 Å². The SMILES string of the molecule is CC(C)(C)/C=N/c1cccc(CC(C)(C)/C=N/O)c1. The minimum Gasteiger partial charge on any atom is -0.411 e. The Morgan fingerprint density at radius 1 is 1.11 bits per heavy atom. The molecule has 3 heteroatoms. The molecule has 0 saturated carbocycles. The molecule has 1 aromatic carbocycles. The van der Waals surface area contributed by atoms with Crippen molar-refractivity contribution in [1.82, 2.24) is 0 Å². The third-order valence-electron chi connectivity index (χ3n) is 2.58. The molecule has 0 radical (unpaired) electrons. The molecule has 0 unspecified atom stereocenters. The Morgan fingerprint density at radius 2 is 1.79 bits per heavy atom. The van der Waals surface area contributed by atoms with Gasteiger partial charge in [0.05, 0.1) is 5.69 Å². The first kappa shape index (κ1) is 15.4. The third kappa shape index (κ3) is 6.18. The van der Waals surface area contributed by atoms with Gasteiger partial charge >= 0.3 is 0 Å². The molecule has 0 aliphatic heterocycles. The Bertz CT molecular complexity index is 468. The van der Waals surface area contributed by atoms with Crippen LogP contribution in [0.25, 0.3) is 0 Å². The van der Waals surface area contributed by atoms with E-state index in [0.717, 1.165) is 12.1 Å². The van der Waals surface area contributed by atoms with Crippen molar-refractivity contribution in [2.75, 3.05) is 0 Å². The van der Waals surface area contributed by atoms with Crippen LogP contribution in [0.3, 0.4) is 0 Å². The normalized spacial score (nSPS) is 13.5. The number of rotatable bonds is 4. The van der Waals surface area contributed by atoms with Gasteiger partial charge in [-0.15, -0.1) is 5.16 Å². The maximum atomic E-state index is 8.65. The van der Waals surface area contributed by atoms with Gasteiger partial charge in [0.25, 0.3) is 0 Å². The quantitative estimate of drug-likeness (QED) is 0.485. The number of hydrogen-bond donors (Lipinski definition) is 1. The van der Waals surface area contributed by atoms with Crippen LogP contribution in [0.2, 0.25) is 0 Å². The van der Waals surface area contributed by atoms with Gasteiger partial charge in [0.15, 0.2) is 0 Å². The smallest absolute Gasteiger partial charge is 0.0628 e. The van der Waals surface area contributed by atoms with E-state index in [1.807, 2.05) is 32.2 Å². The van der Waals surface area contributed by atoms with Crippen molar-refractivity contribution in [2.24, 2.45) is 21.0 Å². The van der Waals surface area contributed by atoms with E-state index in [2.05, 4.69) is 43.1 Å². The van der Waals surface area contributed by atoms with E-state index in [-0.39, 0.29) is 10.8 Å². The maximum absolute atomic E-state index is 8.65. The highest BCUT2D eigenvalue weighted by atomic mass is 16.4. The van der Waals surface area contributed by atoms with Crippen LogP contribution in [-0.4, -0.2) is 17.6 Å². The van der Waals surface area contributed by atoms with Crippen LogP contribution in [0.15, 0.2) is 34.4 Å². The lowest BCUT2D eigenvalue weighted by atomic mass is 9.87. The van der Waals surface area contributed by atoms with Gasteiger partial charge in [-0.05, 0) is 29.5 Å². The molecular weight excluding hydrogens is 236 g/mol. The zero-order chi connectivity index (χ0) is 14.5. The van der Waals surface area contributed by atoms with Crippen LogP contribution in [0.4, 0.5) is 5.69 Å². The largest absolute Gasteiger partial charge is 0.411 e. The summed E-state index contributed by atoms with van der Waals surface area (Å²) in [6.07, 6.45) is 4.35. The molecule has 0 heterocycles. The Labute approximate surface area is 116 Å². The maximum Gasteiger partial charge on any atom is 0.0628 e. The fraction of sp³-hybridized carbons (Fsp3) is 0.500. The molecular formula is C16H24N2O. The lowest BCUT2D eigenvalue weighted by Crippen LogP contribution is -2.16. The molecule has 1 rings (SSSR count). The highest BCUT2D eigenvalue weighted by Crippen LogP contribution is 2.23. The van der Waals surface area contributed by atoms with Crippen molar-refractivity contribution in [3.05, 3.63) is 29.8 Å². The monoisotopic (exact) mass is 260 g/mol. The Morgan fingerprint density at radius 3 is 2.37 bits per heavy atom. The van der Waals surface area contributed by atoms with E-state index < -0.39 is 0 Å². The van der Waals surface area contributed by atoms with Crippen LogP contribution in [-0.2, 0) is 6.42 Å². The second kappa shape index (κ2) is 6.00. The predicted molar refractivity (Wildman–Crippen MR) is 81.8 cm³/mol. The second-order valence-electron chi connectivity index (χ2n) is 6.70. The van der Waals surface area contributed by atoms with Crippen LogP contribution in [0.5, 0.6) is 0 Å². The minimum absolute atomic E-state index is 0.0822. The first-order valence-corrected chi connectivity index (χ1v) is 6.55. The van der Waals surface area contributed by atoms with Gasteiger partial charge in [-0.2, -0.15) is 0 Å². The zero-order valence-corrected chi connectivity index (χ0v) is 12.5. The molecule has 0 saturated heterocycles. The first-order chi connectivity index (χ1) is 8.72. The minimum atomic E-state index is -0.166. The molecule has 19 heavy (non-hydrogen) atoms. The average molecular weight is 260 g/mol. The van der Waals surface area contributed by atoms with E-state index in [1.165, 1.54) is 5.56 Å². The Balaban J connectivity index is 2.86. The van der Waals surface area contributed by atoms with E-state index in [9.17, 15) is 0 Å². The topological polar surface area (TPSA) is 45.0 Å². The van der Waals surface area contributed by atoms with Gasteiger partial charge in [-0.1, -0.05) is 46.8 Å². The molecule has 0 spiro atoms. The fourth-order valence-corrected chi connectivity index (χ4v) is 1.74. The molecule has 1 N–H and O–H groups in total. The Hall–Kier alpha value is -1.64. The van der Waals surface area contributed by atoms with Gasteiger partial charge < -0.3 is 5.21 Å². The van der Waals surface area contributed by atoms with Gasteiger partial charge in [-0.3, -0.25) is 4.99 Å². The van der Waals surface area contributed by atoms with E-state index in [0.29, 0.717) is 0 Å². The number of nitrogens with zero attached hydrogens (tertiary/aromatic N) is 2. The first-order valence-electron chi connectivity index (χ1n) is 6.55. The summed E-state index contributed by atoms with van der Waals surface area (Å²) in [5.41, 5.74) is 2.07. The van der Waals surface area contributed by atoms with Gasteiger partial charge in [-0.25, -0.2) is 0 Å². The summed E-state index contributed by atoms with van der Waals surface area (Å²) in [4.78, 5) is 4.51. The summed E-state index contributed by atoms with van der Waals surface area (Å²) < 4.78 is 0. The third-order valence-corrected chi connectivity index (χ3v) is 2.58. The van der Waals surface area contributed by atoms with Gasteiger partial charge in [0, 0.05) is 17.8 Å². The standard InChI is InChI=1S/C16H24N2O/c1-15(2,3)11-17-14-8-6-7-13(9-14)10-16(4,5)12-18-19/h6-9,11-12,19H,10H2,1-5H3/b17-11+,18-12+. The number of oxime groups is 1. The summed E-state index contributed by atoms with van der Waals surface area (Å²) in [6, 6.07) is 8.16. The molecule has 0 aliphatic carbocycles. The lowest BCUT2D eigenvalue weighted by molar-refractivity contribution is 0.313. The number of aliphatic imine (C=N–C) groups is 1. The van der Waals surface area contributed by atoms with Crippen LogP contribution in [0.1, 0.15) is 40.2 Å². The van der Waals surface area contributed by atoms with Crippen molar-refractivity contribution in [2.45, 2.75) is 41.0 Å². The van der Waals surface area contributed by atoms with Crippen molar-refractivity contribution in [1.29, 1.82) is 0 Å². The van der Waals surface area contributed by atoms with Gasteiger partial charge in [0.1, 0.15) is 0 Å². The summed E-state index contributed by atoms with van der Waals surface area (Å²) in [5, 5.41) is 11.8. The lowest BCUT2D eigenvalue weighted by Gasteiger charge is -2.18. The molecule has 0 aromatic heterocycles. The van der Waals surface area contributed by atoms with Crippen molar-refractivity contribution < 1.29 is 5.21 Å². The van der Waals surface area contributed by atoms with Crippen molar-refractivity contribution >= 4 is 18.1 Å². The van der Waals surface area contributed by atoms with E-state index >= 15 is 0 Å².